The lowest BCUT2D eigenvalue weighted by Gasteiger charge is -2.07. The topological polar surface area (TPSA) is 132 Å². The Balaban J connectivity index is 1.38. The minimum atomic E-state index is -5.01. The van der Waals surface area contributed by atoms with Crippen LogP contribution in [-0.2, 0) is 0 Å². The predicted octanol–water partition coefficient (Wildman–Crippen LogP) is 7.55. The molecule has 0 radical (unpaired) electrons. The van der Waals surface area contributed by atoms with Crippen LogP contribution < -0.4 is 10.7 Å². The number of benzene rings is 4. The number of halogens is 6. The van der Waals surface area contributed by atoms with Crippen molar-refractivity contribution in [3.8, 4) is 34.6 Å². The molecule has 1 aromatic heterocycles. The molecular formula is C36H14F6N6O2. The second kappa shape index (κ2) is 11.4. The monoisotopic (exact) mass is 676 g/mol. The number of hydrogen-bond donors (Lipinski definition) is 0. The molecule has 0 aliphatic rings. The van der Waals surface area contributed by atoms with Crippen molar-refractivity contribution in [2.45, 2.75) is 12.4 Å². The van der Waals surface area contributed by atoms with Crippen LogP contribution in [0.15, 0.2) is 94.9 Å². The van der Waals surface area contributed by atoms with Crippen molar-refractivity contribution in [3.05, 3.63) is 107 Å². The molecule has 6 aromatic carbocycles. The molecule has 0 saturated heterocycles. The van der Waals surface area contributed by atoms with Gasteiger partial charge in [-0.2, -0.15) is 46.9 Å². The quantitative estimate of drug-likeness (QED) is 0.107. The van der Waals surface area contributed by atoms with E-state index < -0.39 is 35.0 Å². The maximum Gasteiger partial charge on any atom is 0.454 e. The van der Waals surface area contributed by atoms with Crippen molar-refractivity contribution < 1.29 is 35.9 Å². The van der Waals surface area contributed by atoms with Crippen LogP contribution in [-0.4, -0.2) is 33.9 Å². The molecule has 242 valence electrons. The maximum atomic E-state index is 12.9. The van der Waals surface area contributed by atoms with Gasteiger partial charge in [0.25, 0.3) is 11.6 Å². The molecule has 0 atom stereocenters. The maximum absolute atomic E-state index is 12.9. The molecule has 0 amide bonds. The third-order valence-electron chi connectivity index (χ3n) is 8.20. The standard InChI is InChI=1S/C36H14F6N6O2/c37-35(38,39)33(49)19-5-1-17(2-6-19)21-9-11-23-25(13-21)27(45-15-43)31-29(23)47-32-28(46-16-44)26-14-22(10-12-24(26)30(32)48-31)18-3-7-20(8-4-18)34(50)36(40,41)42/h1-14H/b45-27+,46-28+. The number of aromatic nitrogens is 2. The molecule has 0 N–H and O–H groups in total. The average Bonchev–Trinajstić information content (AvgIpc) is 3.56. The van der Waals surface area contributed by atoms with Crippen LogP contribution in [0.3, 0.4) is 0 Å². The lowest BCUT2D eigenvalue weighted by Crippen LogP contribution is -2.22. The van der Waals surface area contributed by atoms with Crippen LogP contribution in [0.2, 0.25) is 0 Å². The Hall–Kier alpha value is -6.80. The van der Waals surface area contributed by atoms with Crippen molar-refractivity contribution >= 4 is 55.2 Å². The molecule has 1 heterocycles. The van der Waals surface area contributed by atoms with Gasteiger partial charge < -0.3 is 0 Å². The number of alkyl halides is 6. The lowest BCUT2D eigenvalue weighted by molar-refractivity contribution is -0.0888. The van der Waals surface area contributed by atoms with E-state index in [1.165, 1.54) is 24.3 Å². The highest BCUT2D eigenvalue weighted by molar-refractivity contribution is 6.15. The van der Waals surface area contributed by atoms with Crippen molar-refractivity contribution in [2.75, 3.05) is 0 Å². The molecular weight excluding hydrogens is 662 g/mol. The SMILES string of the molecule is N#C/N=c1\c2cc(-c3ccc(C(=O)C(F)(F)F)cc3)ccc2c2nc3/c(=N/C#N)c4cc(-c5ccc(C(=O)C(F)(F)F)cc5)ccc4c3nc12. The Bertz CT molecular complexity index is 2590. The Morgan fingerprint density at radius 2 is 0.840 bits per heavy atom. The van der Waals surface area contributed by atoms with Gasteiger partial charge in [-0.1, -0.05) is 72.8 Å². The number of nitriles is 2. The first-order valence-electron chi connectivity index (χ1n) is 14.4. The van der Waals surface area contributed by atoms with Crippen LogP contribution in [0.25, 0.3) is 65.9 Å². The highest BCUT2D eigenvalue weighted by atomic mass is 19.4. The number of rotatable bonds is 4. The number of nitrogens with zero attached hydrogens (tertiary/aromatic N) is 6. The number of Topliss-reactive ketones (excluding diaryl/α,β-unsaturated/α-hetero) is 2. The summed E-state index contributed by atoms with van der Waals surface area (Å²) in [6.07, 6.45) is -6.48. The summed E-state index contributed by atoms with van der Waals surface area (Å²) in [7, 11) is 0. The van der Waals surface area contributed by atoms with Gasteiger partial charge in [0.1, 0.15) is 21.7 Å². The molecule has 0 aliphatic carbocycles. The van der Waals surface area contributed by atoms with Gasteiger partial charge in [-0.25, -0.2) is 9.97 Å². The molecule has 7 rings (SSSR count). The fourth-order valence-electron chi connectivity index (χ4n) is 5.93. The van der Waals surface area contributed by atoms with Crippen molar-refractivity contribution in [1.82, 2.24) is 9.97 Å². The van der Waals surface area contributed by atoms with Gasteiger partial charge in [0, 0.05) is 32.7 Å². The Morgan fingerprint density at radius 1 is 0.500 bits per heavy atom. The van der Waals surface area contributed by atoms with Crippen LogP contribution in [0, 0.1) is 22.9 Å². The van der Waals surface area contributed by atoms with Gasteiger partial charge in [0.15, 0.2) is 0 Å². The zero-order chi connectivity index (χ0) is 35.5. The molecule has 8 nitrogen and oxygen atoms in total. The van der Waals surface area contributed by atoms with Crippen molar-refractivity contribution in [1.29, 1.82) is 10.5 Å². The van der Waals surface area contributed by atoms with Gasteiger partial charge in [0.05, 0.1) is 11.0 Å². The molecule has 7 aromatic rings. The number of ketones is 2. The van der Waals surface area contributed by atoms with E-state index in [4.69, 9.17) is 9.97 Å². The first-order valence-corrected chi connectivity index (χ1v) is 14.4. The highest BCUT2D eigenvalue weighted by Gasteiger charge is 2.40. The van der Waals surface area contributed by atoms with E-state index in [1.807, 2.05) is 0 Å². The minimum absolute atomic E-state index is 0.191. The normalized spacial score (nSPS) is 13.0. The summed E-state index contributed by atoms with van der Waals surface area (Å²) in [6.45, 7) is 0. The highest BCUT2D eigenvalue weighted by Crippen LogP contribution is 2.33. The van der Waals surface area contributed by atoms with E-state index in [9.17, 15) is 46.5 Å². The lowest BCUT2D eigenvalue weighted by atomic mass is 10.0. The summed E-state index contributed by atoms with van der Waals surface area (Å²) >= 11 is 0. The van der Waals surface area contributed by atoms with E-state index >= 15 is 0 Å². The summed E-state index contributed by atoms with van der Waals surface area (Å²) in [4.78, 5) is 40.9. The molecule has 0 aliphatic heterocycles. The summed E-state index contributed by atoms with van der Waals surface area (Å²) < 4.78 is 77.3. The first-order chi connectivity index (χ1) is 23.8. The average molecular weight is 677 g/mol. The largest absolute Gasteiger partial charge is 0.454 e. The fourth-order valence-corrected chi connectivity index (χ4v) is 5.93. The molecule has 0 bridgehead atoms. The van der Waals surface area contributed by atoms with Crippen molar-refractivity contribution in [3.63, 3.8) is 0 Å². The Morgan fingerprint density at radius 3 is 1.16 bits per heavy atom. The summed E-state index contributed by atoms with van der Waals surface area (Å²) in [6, 6.07) is 19.9. The number of hydrogen-bond acceptors (Lipinski definition) is 8. The second-order valence-electron chi connectivity index (χ2n) is 11.1. The van der Waals surface area contributed by atoms with E-state index in [1.54, 1.807) is 48.8 Å². The zero-order valence-electron chi connectivity index (χ0n) is 24.9. The van der Waals surface area contributed by atoms with Crippen LogP contribution in [0.4, 0.5) is 26.3 Å². The third kappa shape index (κ3) is 5.20. The van der Waals surface area contributed by atoms with Crippen LogP contribution in [0.5, 0.6) is 0 Å². The molecule has 0 fully saturated rings. The van der Waals surface area contributed by atoms with Gasteiger partial charge in [-0.05, 0) is 34.4 Å². The number of carbonyl (C=O) groups excluding carboxylic acids is 2. The summed E-state index contributed by atoms with van der Waals surface area (Å²) in [5, 5.41) is 21.5. The van der Waals surface area contributed by atoms with Gasteiger partial charge in [-0.15, -0.1) is 0 Å². The predicted molar refractivity (Wildman–Crippen MR) is 168 cm³/mol. The van der Waals surface area contributed by atoms with E-state index in [-0.39, 0.29) is 21.7 Å². The number of fused-ring (bicyclic) bond motifs is 6. The smallest absolute Gasteiger partial charge is 0.284 e. The summed E-state index contributed by atoms with van der Waals surface area (Å²) in [5.41, 5.74) is 2.30. The van der Waals surface area contributed by atoms with Gasteiger partial charge >= 0.3 is 12.4 Å². The van der Waals surface area contributed by atoms with Gasteiger partial charge in [0.2, 0.25) is 12.4 Å². The van der Waals surface area contributed by atoms with Crippen LogP contribution >= 0.6 is 0 Å². The van der Waals surface area contributed by atoms with E-state index in [0.29, 0.717) is 54.8 Å². The number of carbonyl (C=O) groups is 2. The second-order valence-corrected chi connectivity index (χ2v) is 11.1. The molecule has 14 heteroatoms. The molecule has 0 unspecified atom stereocenters. The van der Waals surface area contributed by atoms with E-state index in [0.717, 1.165) is 24.3 Å². The zero-order valence-corrected chi connectivity index (χ0v) is 24.9. The third-order valence-corrected chi connectivity index (χ3v) is 8.20. The molecule has 50 heavy (non-hydrogen) atoms. The van der Waals surface area contributed by atoms with Gasteiger partial charge in [-0.3, -0.25) is 9.59 Å². The Kier molecular flexibility index (Phi) is 7.26. The van der Waals surface area contributed by atoms with Crippen molar-refractivity contribution in [2.24, 2.45) is 9.98 Å². The summed E-state index contributed by atoms with van der Waals surface area (Å²) in [5.74, 6) is -3.93. The molecule has 0 spiro atoms. The molecule has 0 saturated carbocycles. The van der Waals surface area contributed by atoms with Crippen LogP contribution in [0.1, 0.15) is 20.7 Å². The Labute approximate surface area is 275 Å². The fraction of sp³-hybridized carbons (Fsp3) is 0.0556. The minimum Gasteiger partial charge on any atom is -0.284 e. The van der Waals surface area contributed by atoms with E-state index in [2.05, 4.69) is 9.98 Å². The first kappa shape index (κ1) is 31.8.